The van der Waals surface area contributed by atoms with Crippen LogP contribution in [-0.2, 0) is 24.0 Å². The van der Waals surface area contributed by atoms with Crippen LogP contribution in [0.1, 0.15) is 20.3 Å². The largest absolute Gasteiger partial charge is 0.480 e. The molecule has 6 atom stereocenters. The molecule has 0 radical (unpaired) electrons. The van der Waals surface area contributed by atoms with Crippen molar-refractivity contribution >= 4 is 42.1 Å². The third-order valence-corrected chi connectivity index (χ3v) is 7.21. The van der Waals surface area contributed by atoms with Crippen LogP contribution in [0.15, 0.2) is 93.0 Å². The molecule has 0 fully saturated rings. The van der Waals surface area contributed by atoms with Gasteiger partial charge in [0.2, 0.25) is 17.7 Å². The first kappa shape index (κ1) is 29.8. The second-order valence-corrected chi connectivity index (χ2v) is 10.1. The van der Waals surface area contributed by atoms with Gasteiger partial charge in [-0.2, -0.15) is 0 Å². The zero-order chi connectivity index (χ0) is 30.4. The van der Waals surface area contributed by atoms with Gasteiger partial charge >= 0.3 is 11.9 Å². The molecular formula is C30H31N5O7. The van der Waals surface area contributed by atoms with Gasteiger partial charge in [-0.25, -0.2) is 9.59 Å². The van der Waals surface area contributed by atoms with E-state index < -0.39 is 53.7 Å². The molecule has 12 heteroatoms. The van der Waals surface area contributed by atoms with Crippen LogP contribution in [0.5, 0.6) is 0 Å². The molecule has 12 nitrogen and oxygen atoms in total. The van der Waals surface area contributed by atoms with Crippen molar-refractivity contribution < 1.29 is 34.2 Å². The van der Waals surface area contributed by atoms with Gasteiger partial charge in [0.25, 0.3) is 0 Å². The molecule has 2 heterocycles. The van der Waals surface area contributed by atoms with E-state index in [1.165, 1.54) is 6.92 Å². The molecule has 2 aliphatic carbocycles. The SMILES string of the molecule is CC(NC(=O)/C=C/C(=O)O)C(=O)NC(C(=O)NC(CC1=C2C=CC=CC2N=C1)C(=O)O)C(C)C1=C2C=CC=CC2N=C1. The summed E-state index contributed by atoms with van der Waals surface area (Å²) in [7, 11) is 0. The van der Waals surface area contributed by atoms with Crippen molar-refractivity contribution in [3.63, 3.8) is 0 Å². The topological polar surface area (TPSA) is 187 Å². The number of fused-ring (bicyclic) bond motifs is 2. The number of nitrogens with zero attached hydrogens (tertiary/aromatic N) is 2. The van der Waals surface area contributed by atoms with Crippen molar-refractivity contribution in [3.8, 4) is 0 Å². The van der Waals surface area contributed by atoms with Gasteiger partial charge in [0, 0.05) is 36.9 Å². The lowest BCUT2D eigenvalue weighted by atomic mass is 9.87. The molecule has 0 saturated carbocycles. The lowest BCUT2D eigenvalue weighted by molar-refractivity contribution is -0.142. The maximum absolute atomic E-state index is 13.7. The molecule has 4 rings (SSSR count). The highest BCUT2D eigenvalue weighted by atomic mass is 16.4. The van der Waals surface area contributed by atoms with Crippen molar-refractivity contribution in [1.29, 1.82) is 0 Å². The molecule has 0 bridgehead atoms. The van der Waals surface area contributed by atoms with Gasteiger partial charge in [0.15, 0.2) is 0 Å². The maximum atomic E-state index is 13.7. The molecule has 0 aromatic carbocycles. The Balaban J connectivity index is 1.55. The summed E-state index contributed by atoms with van der Waals surface area (Å²) in [4.78, 5) is 70.6. The van der Waals surface area contributed by atoms with Crippen LogP contribution >= 0.6 is 0 Å². The normalized spacial score (nSPS) is 22.5. The van der Waals surface area contributed by atoms with E-state index in [9.17, 15) is 29.1 Å². The van der Waals surface area contributed by atoms with Gasteiger partial charge in [0.1, 0.15) is 18.1 Å². The fourth-order valence-electron chi connectivity index (χ4n) is 4.95. The Kier molecular flexibility index (Phi) is 9.25. The van der Waals surface area contributed by atoms with Crippen LogP contribution in [0.4, 0.5) is 0 Å². The number of aliphatic imine (C=N–C) groups is 2. The van der Waals surface area contributed by atoms with Crippen molar-refractivity contribution in [2.75, 3.05) is 0 Å². The minimum atomic E-state index is -1.33. The van der Waals surface area contributed by atoms with Crippen LogP contribution in [0.3, 0.4) is 0 Å². The lowest BCUT2D eigenvalue weighted by Gasteiger charge is -2.28. The number of allylic oxidation sites excluding steroid dienone is 4. The Morgan fingerprint density at radius 2 is 1.48 bits per heavy atom. The fraction of sp³-hybridized carbons (Fsp3) is 0.300. The number of hydrogen-bond acceptors (Lipinski definition) is 7. The highest BCUT2D eigenvalue weighted by Gasteiger charge is 2.36. The minimum Gasteiger partial charge on any atom is -0.480 e. The molecular weight excluding hydrogens is 542 g/mol. The first-order valence-electron chi connectivity index (χ1n) is 13.3. The molecule has 42 heavy (non-hydrogen) atoms. The zero-order valence-corrected chi connectivity index (χ0v) is 22.9. The van der Waals surface area contributed by atoms with E-state index in [2.05, 4.69) is 25.9 Å². The van der Waals surface area contributed by atoms with Gasteiger partial charge in [-0.1, -0.05) is 55.5 Å². The number of carboxylic acid groups (broad SMARTS) is 2. The van der Waals surface area contributed by atoms with Crippen molar-refractivity contribution in [2.45, 2.75) is 50.5 Å². The Bertz CT molecular complexity index is 1460. The summed E-state index contributed by atoms with van der Waals surface area (Å²) in [5.41, 5.74) is 3.09. The van der Waals surface area contributed by atoms with Crippen LogP contribution in [0, 0.1) is 5.92 Å². The van der Waals surface area contributed by atoms with E-state index in [0.717, 1.165) is 17.2 Å². The first-order chi connectivity index (χ1) is 20.0. The van der Waals surface area contributed by atoms with E-state index in [1.54, 1.807) is 19.4 Å². The molecule has 5 N–H and O–H groups in total. The predicted molar refractivity (Wildman–Crippen MR) is 155 cm³/mol. The number of nitrogens with one attached hydrogen (secondary N) is 3. The first-order valence-corrected chi connectivity index (χ1v) is 13.3. The summed E-state index contributed by atoms with van der Waals surface area (Å²) in [6.45, 7) is 3.10. The third kappa shape index (κ3) is 6.95. The van der Waals surface area contributed by atoms with Crippen LogP contribution < -0.4 is 16.0 Å². The Morgan fingerprint density at radius 3 is 2.14 bits per heavy atom. The van der Waals surface area contributed by atoms with Crippen molar-refractivity contribution in [1.82, 2.24) is 16.0 Å². The van der Waals surface area contributed by atoms with E-state index >= 15 is 0 Å². The van der Waals surface area contributed by atoms with Crippen LogP contribution in [0.2, 0.25) is 0 Å². The summed E-state index contributed by atoms with van der Waals surface area (Å²) in [6, 6.07) is -4.10. The summed E-state index contributed by atoms with van der Waals surface area (Å²) < 4.78 is 0. The Labute approximate surface area is 241 Å². The van der Waals surface area contributed by atoms with Crippen LogP contribution in [0.25, 0.3) is 0 Å². The number of carbonyl (C=O) groups is 5. The average Bonchev–Trinajstić information content (AvgIpc) is 3.58. The Hall–Kier alpha value is -5.13. The quantitative estimate of drug-likeness (QED) is 0.215. The highest BCUT2D eigenvalue weighted by Crippen LogP contribution is 2.30. The predicted octanol–water partition coefficient (Wildman–Crippen LogP) is 0.964. The summed E-state index contributed by atoms with van der Waals surface area (Å²) >= 11 is 0. The molecule has 2 aliphatic heterocycles. The van der Waals surface area contributed by atoms with Gasteiger partial charge in [-0.05, 0) is 29.2 Å². The molecule has 3 amide bonds. The second-order valence-electron chi connectivity index (χ2n) is 10.1. The van der Waals surface area contributed by atoms with Gasteiger partial charge in [-0.15, -0.1) is 0 Å². The second kappa shape index (κ2) is 13.0. The zero-order valence-electron chi connectivity index (χ0n) is 22.9. The number of amides is 3. The molecule has 6 unspecified atom stereocenters. The number of carboxylic acids is 2. The number of rotatable bonds is 12. The van der Waals surface area contributed by atoms with Gasteiger partial charge < -0.3 is 26.2 Å². The molecule has 0 aromatic heterocycles. The van der Waals surface area contributed by atoms with E-state index in [1.807, 2.05) is 48.6 Å². The van der Waals surface area contributed by atoms with Crippen molar-refractivity contribution in [2.24, 2.45) is 15.9 Å². The highest BCUT2D eigenvalue weighted by molar-refractivity contribution is 5.98. The summed E-state index contributed by atoms with van der Waals surface area (Å²) in [5.74, 6) is -5.49. The number of carbonyl (C=O) groups excluding carboxylic acids is 3. The summed E-state index contributed by atoms with van der Waals surface area (Å²) in [5, 5.41) is 26.3. The van der Waals surface area contributed by atoms with Crippen LogP contribution in [-0.4, -0.2) is 82.5 Å². The molecule has 218 valence electrons. The molecule has 0 spiro atoms. The fourth-order valence-corrected chi connectivity index (χ4v) is 4.95. The maximum Gasteiger partial charge on any atom is 0.328 e. The smallest absolute Gasteiger partial charge is 0.328 e. The average molecular weight is 574 g/mol. The monoisotopic (exact) mass is 573 g/mol. The minimum absolute atomic E-state index is 0.0168. The molecule has 4 aliphatic rings. The van der Waals surface area contributed by atoms with Gasteiger partial charge in [-0.3, -0.25) is 24.4 Å². The van der Waals surface area contributed by atoms with Gasteiger partial charge in [0.05, 0.1) is 12.1 Å². The lowest BCUT2D eigenvalue weighted by Crippen LogP contribution is -2.57. The molecule has 0 aromatic rings. The summed E-state index contributed by atoms with van der Waals surface area (Å²) in [6.07, 6.45) is 19.5. The number of hydrogen-bond donors (Lipinski definition) is 5. The van der Waals surface area contributed by atoms with E-state index in [-0.39, 0.29) is 18.5 Å². The molecule has 0 saturated heterocycles. The Morgan fingerprint density at radius 1 is 0.833 bits per heavy atom. The standard InChI is InChI=1S/C30H31N5O7/c1-16(21-15-32-23-10-6-4-8-20(21)23)27(35-28(39)17(2)33-25(36)11-12-26(37)38)29(40)34-24(30(41)42)13-18-14-31-22-9-5-3-7-19(18)22/h3-12,14-17,22-24,27H,13H2,1-2H3,(H,33,36)(H,34,40)(H,35,39)(H,37,38)(H,41,42)/b12-11+. The number of aliphatic carboxylic acids is 2. The van der Waals surface area contributed by atoms with Crippen molar-refractivity contribution in [3.05, 3.63) is 83.1 Å². The third-order valence-electron chi connectivity index (χ3n) is 7.21. The van der Waals surface area contributed by atoms with E-state index in [4.69, 9.17) is 5.11 Å². The van der Waals surface area contributed by atoms with E-state index in [0.29, 0.717) is 17.2 Å².